The van der Waals surface area contributed by atoms with E-state index >= 15 is 0 Å². The fourth-order valence-electron chi connectivity index (χ4n) is 2.07. The van der Waals surface area contributed by atoms with E-state index < -0.39 is 23.1 Å². The molecule has 1 unspecified atom stereocenters. The first-order valence-electron chi connectivity index (χ1n) is 5.98. The number of likely N-dealkylation sites (tertiary alicyclic amines) is 1. The molecule has 2 N–H and O–H groups in total. The number of ether oxygens (including phenoxy) is 1. The van der Waals surface area contributed by atoms with E-state index in [1.54, 1.807) is 20.8 Å². The van der Waals surface area contributed by atoms with Gasteiger partial charge in [-0.25, -0.2) is 4.79 Å². The van der Waals surface area contributed by atoms with Crippen LogP contribution < -0.4 is 0 Å². The third kappa shape index (κ3) is 3.87. The zero-order valence-electron chi connectivity index (χ0n) is 11.1. The number of hydrogen-bond donors (Lipinski definition) is 2. The number of amides is 1. The summed E-state index contributed by atoms with van der Waals surface area (Å²) in [4.78, 5) is 24.1. The molecule has 1 heterocycles. The Labute approximate surface area is 107 Å². The molecule has 104 valence electrons. The average molecular weight is 259 g/mol. The van der Waals surface area contributed by atoms with Gasteiger partial charge in [-0.3, -0.25) is 4.79 Å². The minimum atomic E-state index is -0.963. The Morgan fingerprint density at radius 2 is 2.00 bits per heavy atom. The summed E-state index contributed by atoms with van der Waals surface area (Å²) in [5, 5.41) is 18.2. The highest BCUT2D eigenvalue weighted by Crippen LogP contribution is 2.34. The lowest BCUT2D eigenvalue weighted by Gasteiger charge is -2.27. The topological polar surface area (TPSA) is 87.1 Å². The molecule has 0 aromatic heterocycles. The Kier molecular flexibility index (Phi) is 4.21. The summed E-state index contributed by atoms with van der Waals surface area (Å²) in [5.74, 6) is -0.963. The number of hydrogen-bond acceptors (Lipinski definition) is 4. The lowest BCUT2D eigenvalue weighted by molar-refractivity contribution is -0.140. The summed E-state index contributed by atoms with van der Waals surface area (Å²) in [6.07, 6.45) is -0.110. The van der Waals surface area contributed by atoms with E-state index in [0.29, 0.717) is 13.0 Å². The minimum absolute atomic E-state index is 0.136. The zero-order valence-corrected chi connectivity index (χ0v) is 11.1. The maximum atomic E-state index is 11.8. The third-order valence-corrected chi connectivity index (χ3v) is 2.95. The SMILES string of the molecule is CC(C)(C)OC(=O)N1CCC(CO)(CC(=O)O)C1. The number of aliphatic carboxylic acids is 1. The van der Waals surface area contributed by atoms with Crippen molar-refractivity contribution in [3.8, 4) is 0 Å². The van der Waals surface area contributed by atoms with Crippen LogP contribution in [0.15, 0.2) is 0 Å². The van der Waals surface area contributed by atoms with Crippen molar-refractivity contribution in [3.63, 3.8) is 0 Å². The standard InChI is InChI=1S/C12H21NO5/c1-11(2,3)18-10(17)13-5-4-12(7-13,8-14)6-9(15)16/h14H,4-8H2,1-3H3,(H,15,16). The Bertz CT molecular complexity index is 336. The molecular formula is C12H21NO5. The van der Waals surface area contributed by atoms with Crippen molar-refractivity contribution in [1.82, 2.24) is 4.90 Å². The van der Waals surface area contributed by atoms with E-state index in [1.165, 1.54) is 4.90 Å². The molecule has 6 heteroatoms. The number of carbonyl (C=O) groups excluding carboxylic acids is 1. The van der Waals surface area contributed by atoms with Gasteiger partial charge in [0.05, 0.1) is 13.0 Å². The van der Waals surface area contributed by atoms with Crippen molar-refractivity contribution in [1.29, 1.82) is 0 Å². The maximum Gasteiger partial charge on any atom is 0.410 e. The molecule has 0 aromatic carbocycles. The fourth-order valence-corrected chi connectivity index (χ4v) is 2.07. The molecule has 1 aliphatic rings. The van der Waals surface area contributed by atoms with Gasteiger partial charge in [-0.1, -0.05) is 0 Å². The Hall–Kier alpha value is -1.30. The van der Waals surface area contributed by atoms with Gasteiger partial charge in [0.15, 0.2) is 0 Å². The summed E-state index contributed by atoms with van der Waals surface area (Å²) in [6, 6.07) is 0. The number of rotatable bonds is 3. The number of carboxylic acid groups (broad SMARTS) is 1. The largest absolute Gasteiger partial charge is 0.481 e. The summed E-state index contributed by atoms with van der Waals surface area (Å²) < 4.78 is 5.22. The van der Waals surface area contributed by atoms with E-state index in [9.17, 15) is 14.7 Å². The van der Waals surface area contributed by atoms with Gasteiger partial charge in [0, 0.05) is 18.5 Å². The molecule has 1 atom stereocenters. The number of aliphatic hydroxyl groups is 1. The van der Waals surface area contributed by atoms with Crippen LogP contribution in [-0.4, -0.2) is 52.5 Å². The van der Waals surface area contributed by atoms with E-state index in [-0.39, 0.29) is 19.6 Å². The van der Waals surface area contributed by atoms with Crippen molar-refractivity contribution in [2.24, 2.45) is 5.41 Å². The monoisotopic (exact) mass is 259 g/mol. The molecule has 0 radical (unpaired) electrons. The van der Waals surface area contributed by atoms with E-state index in [1.807, 2.05) is 0 Å². The molecule has 1 rings (SSSR count). The quantitative estimate of drug-likeness (QED) is 0.792. The van der Waals surface area contributed by atoms with Crippen molar-refractivity contribution < 1.29 is 24.5 Å². The summed E-state index contributed by atoms with van der Waals surface area (Å²) in [5.41, 5.74) is -1.31. The highest BCUT2D eigenvalue weighted by molar-refractivity contribution is 5.70. The minimum Gasteiger partial charge on any atom is -0.481 e. The van der Waals surface area contributed by atoms with Crippen molar-refractivity contribution in [2.45, 2.75) is 39.2 Å². The first-order chi connectivity index (χ1) is 8.17. The van der Waals surface area contributed by atoms with E-state index in [0.717, 1.165) is 0 Å². The average Bonchev–Trinajstić information content (AvgIpc) is 2.59. The van der Waals surface area contributed by atoms with Crippen LogP contribution in [0.4, 0.5) is 4.79 Å². The van der Waals surface area contributed by atoms with E-state index in [2.05, 4.69) is 0 Å². The van der Waals surface area contributed by atoms with Crippen LogP contribution in [0.3, 0.4) is 0 Å². The van der Waals surface area contributed by atoms with Gasteiger partial charge in [0.25, 0.3) is 0 Å². The molecular weight excluding hydrogens is 238 g/mol. The van der Waals surface area contributed by atoms with Gasteiger partial charge in [-0.15, -0.1) is 0 Å². The number of nitrogens with zero attached hydrogens (tertiary/aromatic N) is 1. The molecule has 0 aromatic rings. The van der Waals surface area contributed by atoms with Gasteiger partial charge in [0.1, 0.15) is 5.60 Å². The second-order valence-corrected chi connectivity index (χ2v) is 5.88. The predicted octanol–water partition coefficient (Wildman–Crippen LogP) is 1.08. The Balaban J connectivity index is 2.64. The Morgan fingerprint density at radius 3 is 2.44 bits per heavy atom. The highest BCUT2D eigenvalue weighted by atomic mass is 16.6. The Morgan fingerprint density at radius 1 is 1.39 bits per heavy atom. The summed E-state index contributed by atoms with van der Waals surface area (Å²) in [6.45, 7) is 5.73. The van der Waals surface area contributed by atoms with Crippen LogP contribution in [0.2, 0.25) is 0 Å². The molecule has 0 aliphatic carbocycles. The zero-order chi connectivity index (χ0) is 14.0. The maximum absolute atomic E-state index is 11.8. The first kappa shape index (κ1) is 14.8. The molecule has 1 amide bonds. The summed E-state index contributed by atoms with van der Waals surface area (Å²) >= 11 is 0. The summed E-state index contributed by atoms with van der Waals surface area (Å²) in [7, 11) is 0. The van der Waals surface area contributed by atoms with Crippen LogP contribution >= 0.6 is 0 Å². The first-order valence-corrected chi connectivity index (χ1v) is 5.98. The molecule has 0 saturated carbocycles. The number of carboxylic acids is 1. The van der Waals surface area contributed by atoms with Crippen molar-refractivity contribution in [3.05, 3.63) is 0 Å². The second-order valence-electron chi connectivity index (χ2n) is 5.88. The van der Waals surface area contributed by atoms with Crippen LogP contribution in [0.25, 0.3) is 0 Å². The van der Waals surface area contributed by atoms with Gasteiger partial charge < -0.3 is 19.8 Å². The molecule has 0 bridgehead atoms. The molecule has 1 fully saturated rings. The van der Waals surface area contributed by atoms with Crippen LogP contribution in [-0.2, 0) is 9.53 Å². The molecule has 18 heavy (non-hydrogen) atoms. The highest BCUT2D eigenvalue weighted by Gasteiger charge is 2.42. The third-order valence-electron chi connectivity index (χ3n) is 2.95. The number of carbonyl (C=O) groups is 2. The van der Waals surface area contributed by atoms with Crippen LogP contribution in [0.5, 0.6) is 0 Å². The predicted molar refractivity (Wildman–Crippen MR) is 64.2 cm³/mol. The molecule has 1 aliphatic heterocycles. The smallest absolute Gasteiger partial charge is 0.410 e. The fraction of sp³-hybridized carbons (Fsp3) is 0.833. The van der Waals surface area contributed by atoms with Crippen LogP contribution in [0, 0.1) is 5.41 Å². The van der Waals surface area contributed by atoms with Crippen LogP contribution in [0.1, 0.15) is 33.6 Å². The lowest BCUT2D eigenvalue weighted by atomic mass is 9.84. The second kappa shape index (κ2) is 5.14. The van der Waals surface area contributed by atoms with Gasteiger partial charge in [-0.2, -0.15) is 0 Å². The van der Waals surface area contributed by atoms with E-state index in [4.69, 9.17) is 9.84 Å². The molecule has 0 spiro atoms. The molecule has 1 saturated heterocycles. The van der Waals surface area contributed by atoms with Gasteiger partial charge in [-0.05, 0) is 27.2 Å². The van der Waals surface area contributed by atoms with Gasteiger partial charge in [0.2, 0.25) is 0 Å². The van der Waals surface area contributed by atoms with Gasteiger partial charge >= 0.3 is 12.1 Å². The molecule has 6 nitrogen and oxygen atoms in total. The lowest BCUT2D eigenvalue weighted by Crippen LogP contribution is -2.38. The normalized spacial score (nSPS) is 24.1. The number of aliphatic hydroxyl groups excluding tert-OH is 1. The van der Waals surface area contributed by atoms with Crippen molar-refractivity contribution in [2.75, 3.05) is 19.7 Å². The van der Waals surface area contributed by atoms with Crippen molar-refractivity contribution >= 4 is 12.1 Å².